The van der Waals surface area contributed by atoms with Crippen molar-refractivity contribution in [2.75, 3.05) is 18.4 Å². The number of benzene rings is 1. The molecule has 0 saturated heterocycles. The number of aryl methyl sites for hydroxylation is 2. The molecule has 0 unspecified atom stereocenters. The maximum Gasteiger partial charge on any atom is 0.243 e. The van der Waals surface area contributed by atoms with Crippen LogP contribution < -0.4 is 16.0 Å². The van der Waals surface area contributed by atoms with Gasteiger partial charge in [0.05, 0.1) is 6.54 Å². The molecule has 0 bridgehead atoms. The number of rotatable bonds is 6. The van der Waals surface area contributed by atoms with Crippen LogP contribution in [0.4, 0.5) is 5.69 Å². The third-order valence-corrected chi connectivity index (χ3v) is 3.51. The van der Waals surface area contributed by atoms with E-state index >= 15 is 0 Å². The summed E-state index contributed by atoms with van der Waals surface area (Å²) in [4.78, 5) is 35.3. The van der Waals surface area contributed by atoms with Gasteiger partial charge >= 0.3 is 0 Å². The van der Waals surface area contributed by atoms with Crippen molar-refractivity contribution < 1.29 is 14.4 Å². The smallest absolute Gasteiger partial charge is 0.243 e. The SMILES string of the molecule is Cc1cccc(C)c1NC(=O)CNC(=O)CCNC(=O)C(C)(C)C. The molecule has 132 valence electrons. The van der Waals surface area contributed by atoms with Gasteiger partial charge in [-0.15, -0.1) is 0 Å². The summed E-state index contributed by atoms with van der Waals surface area (Å²) in [5.41, 5.74) is 2.23. The number of amides is 3. The molecule has 0 saturated carbocycles. The zero-order valence-corrected chi connectivity index (χ0v) is 15.1. The highest BCUT2D eigenvalue weighted by Gasteiger charge is 2.20. The van der Waals surface area contributed by atoms with Gasteiger partial charge in [-0.3, -0.25) is 14.4 Å². The molecule has 0 atom stereocenters. The van der Waals surface area contributed by atoms with Crippen molar-refractivity contribution in [3.63, 3.8) is 0 Å². The van der Waals surface area contributed by atoms with Gasteiger partial charge in [-0.1, -0.05) is 39.0 Å². The number of carbonyl (C=O) groups is 3. The van der Waals surface area contributed by atoms with Crippen LogP contribution in [0.1, 0.15) is 38.3 Å². The van der Waals surface area contributed by atoms with Gasteiger partial charge in [0.15, 0.2) is 0 Å². The highest BCUT2D eigenvalue weighted by atomic mass is 16.2. The molecule has 6 heteroatoms. The molecule has 0 radical (unpaired) electrons. The van der Waals surface area contributed by atoms with Gasteiger partial charge in [0, 0.05) is 24.1 Å². The molecule has 0 aliphatic heterocycles. The van der Waals surface area contributed by atoms with Crippen molar-refractivity contribution in [2.45, 2.75) is 41.0 Å². The van der Waals surface area contributed by atoms with Gasteiger partial charge in [0.1, 0.15) is 0 Å². The summed E-state index contributed by atoms with van der Waals surface area (Å²) in [6.07, 6.45) is 0.137. The maximum absolute atomic E-state index is 11.9. The maximum atomic E-state index is 11.9. The first kappa shape index (κ1) is 19.7. The predicted molar refractivity (Wildman–Crippen MR) is 94.6 cm³/mol. The summed E-state index contributed by atoms with van der Waals surface area (Å²) >= 11 is 0. The van der Waals surface area contributed by atoms with Crippen LogP contribution in [-0.4, -0.2) is 30.8 Å². The molecule has 6 nitrogen and oxygen atoms in total. The monoisotopic (exact) mass is 333 g/mol. The lowest BCUT2D eigenvalue weighted by atomic mass is 9.96. The van der Waals surface area contributed by atoms with E-state index in [1.54, 1.807) is 20.8 Å². The third kappa shape index (κ3) is 6.40. The van der Waals surface area contributed by atoms with Crippen LogP contribution in [0.2, 0.25) is 0 Å². The first-order valence-electron chi connectivity index (χ1n) is 8.02. The first-order chi connectivity index (χ1) is 11.1. The fourth-order valence-electron chi connectivity index (χ4n) is 2.02. The molecular formula is C18H27N3O3. The summed E-state index contributed by atoms with van der Waals surface area (Å²) in [5, 5.41) is 8.05. The van der Waals surface area contributed by atoms with E-state index in [-0.39, 0.29) is 37.2 Å². The zero-order chi connectivity index (χ0) is 18.3. The Balaban J connectivity index is 2.34. The molecular weight excluding hydrogens is 306 g/mol. The molecule has 1 aromatic rings. The quantitative estimate of drug-likeness (QED) is 0.743. The van der Waals surface area contributed by atoms with Crippen molar-refractivity contribution in [1.29, 1.82) is 0 Å². The molecule has 3 N–H and O–H groups in total. The summed E-state index contributed by atoms with van der Waals surface area (Å²) < 4.78 is 0. The lowest BCUT2D eigenvalue weighted by Crippen LogP contribution is -2.38. The second-order valence-corrected chi connectivity index (χ2v) is 6.85. The van der Waals surface area contributed by atoms with E-state index in [9.17, 15) is 14.4 Å². The minimum atomic E-state index is -0.484. The molecule has 0 heterocycles. The van der Waals surface area contributed by atoms with E-state index in [1.807, 2.05) is 32.0 Å². The van der Waals surface area contributed by atoms with E-state index in [0.717, 1.165) is 16.8 Å². The summed E-state index contributed by atoms with van der Waals surface area (Å²) in [6, 6.07) is 5.76. The minimum absolute atomic E-state index is 0.0974. The largest absolute Gasteiger partial charge is 0.355 e. The fourth-order valence-corrected chi connectivity index (χ4v) is 2.02. The average Bonchev–Trinajstić information content (AvgIpc) is 2.48. The standard InChI is InChI=1S/C18H27N3O3/c1-12-7-6-8-13(2)16(12)21-15(23)11-20-14(22)9-10-19-17(24)18(3,4)5/h6-8H,9-11H2,1-5H3,(H,19,24)(H,20,22)(H,21,23). The Bertz CT molecular complexity index is 598. The van der Waals surface area contributed by atoms with Gasteiger partial charge in [-0.2, -0.15) is 0 Å². The van der Waals surface area contributed by atoms with Crippen LogP contribution in [-0.2, 0) is 14.4 Å². The van der Waals surface area contributed by atoms with E-state index in [4.69, 9.17) is 0 Å². The number of carbonyl (C=O) groups excluding carboxylic acids is 3. The van der Waals surface area contributed by atoms with Gasteiger partial charge in [-0.25, -0.2) is 0 Å². The average molecular weight is 333 g/mol. The minimum Gasteiger partial charge on any atom is -0.355 e. The van der Waals surface area contributed by atoms with Crippen molar-refractivity contribution in [3.05, 3.63) is 29.3 Å². The number of anilines is 1. The molecule has 0 aliphatic carbocycles. The molecule has 1 aromatic carbocycles. The molecule has 0 aliphatic rings. The van der Waals surface area contributed by atoms with Gasteiger partial charge in [-0.05, 0) is 25.0 Å². The second-order valence-electron chi connectivity index (χ2n) is 6.85. The van der Waals surface area contributed by atoms with Crippen LogP contribution in [0, 0.1) is 19.3 Å². The van der Waals surface area contributed by atoms with Crippen LogP contribution in [0.25, 0.3) is 0 Å². The molecule has 0 fully saturated rings. The second kappa shape index (κ2) is 8.47. The zero-order valence-electron chi connectivity index (χ0n) is 15.1. The van der Waals surface area contributed by atoms with Crippen LogP contribution in [0.5, 0.6) is 0 Å². The predicted octanol–water partition coefficient (Wildman–Crippen LogP) is 1.91. The van der Waals surface area contributed by atoms with Gasteiger partial charge in [0.2, 0.25) is 17.7 Å². The van der Waals surface area contributed by atoms with Crippen LogP contribution in [0.3, 0.4) is 0 Å². The first-order valence-corrected chi connectivity index (χ1v) is 8.02. The Morgan fingerprint density at radius 3 is 2.08 bits per heavy atom. The number of hydrogen-bond acceptors (Lipinski definition) is 3. The van der Waals surface area contributed by atoms with E-state index in [0.29, 0.717) is 0 Å². The van der Waals surface area contributed by atoms with E-state index < -0.39 is 5.41 Å². The Kier molecular flexibility index (Phi) is 6.95. The van der Waals surface area contributed by atoms with Gasteiger partial charge in [0.25, 0.3) is 0 Å². The van der Waals surface area contributed by atoms with Crippen LogP contribution >= 0.6 is 0 Å². The molecule has 0 aromatic heterocycles. The van der Waals surface area contributed by atoms with Crippen molar-refractivity contribution in [3.8, 4) is 0 Å². The molecule has 0 spiro atoms. The fraction of sp³-hybridized carbons (Fsp3) is 0.500. The van der Waals surface area contributed by atoms with Crippen LogP contribution in [0.15, 0.2) is 18.2 Å². The summed E-state index contributed by atoms with van der Waals surface area (Å²) in [7, 11) is 0. The lowest BCUT2D eigenvalue weighted by Gasteiger charge is -2.17. The Hall–Kier alpha value is -2.37. The van der Waals surface area contributed by atoms with Crippen molar-refractivity contribution >= 4 is 23.4 Å². The Morgan fingerprint density at radius 1 is 0.958 bits per heavy atom. The number of hydrogen-bond donors (Lipinski definition) is 3. The third-order valence-electron chi connectivity index (χ3n) is 3.51. The summed E-state index contributed by atoms with van der Waals surface area (Å²) in [6.45, 7) is 9.40. The number of nitrogens with one attached hydrogen (secondary N) is 3. The molecule has 3 amide bonds. The Morgan fingerprint density at radius 2 is 1.54 bits per heavy atom. The van der Waals surface area contributed by atoms with E-state index in [2.05, 4.69) is 16.0 Å². The lowest BCUT2D eigenvalue weighted by molar-refractivity contribution is -0.129. The highest BCUT2D eigenvalue weighted by Crippen LogP contribution is 2.18. The molecule has 24 heavy (non-hydrogen) atoms. The molecule has 1 rings (SSSR count). The number of para-hydroxylation sites is 1. The van der Waals surface area contributed by atoms with E-state index in [1.165, 1.54) is 0 Å². The normalized spacial score (nSPS) is 10.9. The highest BCUT2D eigenvalue weighted by molar-refractivity contribution is 5.95. The topological polar surface area (TPSA) is 87.3 Å². The summed E-state index contributed by atoms with van der Waals surface area (Å²) in [5.74, 6) is -0.664. The van der Waals surface area contributed by atoms with Gasteiger partial charge < -0.3 is 16.0 Å². The van der Waals surface area contributed by atoms with Crippen molar-refractivity contribution in [2.24, 2.45) is 5.41 Å². The van der Waals surface area contributed by atoms with Crippen molar-refractivity contribution in [1.82, 2.24) is 10.6 Å². The Labute approximate surface area is 143 Å².